The smallest absolute Gasteiger partial charge is 0.307 e. The van der Waals surface area contributed by atoms with Crippen molar-refractivity contribution in [3.63, 3.8) is 0 Å². The van der Waals surface area contributed by atoms with Crippen LogP contribution in [0.1, 0.15) is 15.9 Å². The third-order valence-electron chi connectivity index (χ3n) is 3.58. The van der Waals surface area contributed by atoms with Crippen LogP contribution in [0.5, 0.6) is 17.2 Å². The molecule has 26 heavy (non-hydrogen) atoms. The maximum atomic E-state index is 12.6. The second-order valence-corrected chi connectivity index (χ2v) is 6.02. The van der Waals surface area contributed by atoms with E-state index in [1.165, 1.54) is 21.3 Å². The molecule has 0 aliphatic carbocycles. The molecule has 0 atom stereocenters. The van der Waals surface area contributed by atoms with Gasteiger partial charge in [0.2, 0.25) is 5.75 Å². The minimum Gasteiger partial charge on any atom is -0.493 e. The van der Waals surface area contributed by atoms with Gasteiger partial charge in [-0.15, -0.1) is 0 Å². The van der Waals surface area contributed by atoms with Crippen molar-refractivity contribution in [1.82, 2.24) is 0 Å². The van der Waals surface area contributed by atoms with Crippen molar-refractivity contribution in [2.24, 2.45) is 0 Å². The number of hydrogen-bond donors (Lipinski definition) is 2. The lowest BCUT2D eigenvalue weighted by atomic mass is 10.1. The van der Waals surface area contributed by atoms with Crippen molar-refractivity contribution in [1.29, 1.82) is 0 Å². The van der Waals surface area contributed by atoms with Crippen molar-refractivity contribution in [3.8, 4) is 17.2 Å². The molecule has 0 radical (unpaired) electrons. The lowest BCUT2D eigenvalue weighted by molar-refractivity contribution is -0.136. The van der Waals surface area contributed by atoms with E-state index in [1.807, 2.05) is 0 Å². The second kappa shape index (κ2) is 8.57. The first-order valence-corrected chi connectivity index (χ1v) is 8.31. The Balaban J connectivity index is 2.30. The van der Waals surface area contributed by atoms with E-state index in [0.29, 0.717) is 38.5 Å². The standard InChI is InChI=1S/C18H18BrNO6/c1-24-13-9-12(15(19)17(26-3)16(13)25-2)18(23)20-11-6-4-10(5-7-11)8-14(21)22/h4-7,9H,8H2,1-3H3,(H,20,23)(H,21,22). The number of carboxylic acid groups (broad SMARTS) is 1. The maximum Gasteiger partial charge on any atom is 0.307 e. The average molecular weight is 424 g/mol. The number of amides is 1. The Hall–Kier alpha value is -2.74. The summed E-state index contributed by atoms with van der Waals surface area (Å²) in [5.74, 6) is -0.231. The molecular weight excluding hydrogens is 406 g/mol. The van der Waals surface area contributed by atoms with Crippen molar-refractivity contribution in [2.45, 2.75) is 6.42 Å². The Bertz CT molecular complexity index is 819. The fourth-order valence-electron chi connectivity index (χ4n) is 2.37. The third kappa shape index (κ3) is 4.26. The van der Waals surface area contributed by atoms with E-state index in [1.54, 1.807) is 30.3 Å². The largest absolute Gasteiger partial charge is 0.493 e. The van der Waals surface area contributed by atoms with E-state index in [9.17, 15) is 9.59 Å². The summed E-state index contributed by atoms with van der Waals surface area (Å²) in [6.07, 6.45) is -0.0767. The third-order valence-corrected chi connectivity index (χ3v) is 4.37. The SMILES string of the molecule is COc1cc(C(=O)Nc2ccc(CC(=O)O)cc2)c(Br)c(OC)c1OC. The van der Waals surface area contributed by atoms with Gasteiger partial charge < -0.3 is 24.6 Å². The summed E-state index contributed by atoms with van der Waals surface area (Å²) in [5.41, 5.74) is 1.48. The van der Waals surface area contributed by atoms with Crippen LogP contribution in [0.15, 0.2) is 34.8 Å². The molecule has 8 heteroatoms. The van der Waals surface area contributed by atoms with E-state index in [-0.39, 0.29) is 12.3 Å². The molecule has 0 aromatic heterocycles. The van der Waals surface area contributed by atoms with Gasteiger partial charge >= 0.3 is 5.97 Å². The van der Waals surface area contributed by atoms with Gasteiger partial charge in [-0.3, -0.25) is 9.59 Å². The van der Waals surface area contributed by atoms with Crippen LogP contribution in [-0.4, -0.2) is 38.3 Å². The van der Waals surface area contributed by atoms with Gasteiger partial charge in [-0.1, -0.05) is 12.1 Å². The van der Waals surface area contributed by atoms with Crippen LogP contribution >= 0.6 is 15.9 Å². The Morgan fingerprint density at radius 3 is 2.15 bits per heavy atom. The number of methoxy groups -OCH3 is 3. The number of ether oxygens (including phenoxy) is 3. The number of aliphatic carboxylic acids is 1. The number of carboxylic acids is 1. The molecule has 0 saturated heterocycles. The summed E-state index contributed by atoms with van der Waals surface area (Å²) in [5, 5.41) is 11.5. The number of benzene rings is 2. The Kier molecular flexibility index (Phi) is 6.46. The van der Waals surface area contributed by atoms with E-state index in [0.717, 1.165) is 0 Å². The van der Waals surface area contributed by atoms with Crippen LogP contribution in [-0.2, 0) is 11.2 Å². The normalized spacial score (nSPS) is 10.2. The van der Waals surface area contributed by atoms with Crippen LogP contribution < -0.4 is 19.5 Å². The van der Waals surface area contributed by atoms with Gasteiger partial charge in [-0.2, -0.15) is 0 Å². The predicted molar refractivity (Wildman–Crippen MR) is 99.5 cm³/mol. The molecular formula is C18H18BrNO6. The highest BCUT2D eigenvalue weighted by molar-refractivity contribution is 9.10. The fraction of sp³-hybridized carbons (Fsp3) is 0.222. The molecule has 2 N–H and O–H groups in total. The molecule has 0 fully saturated rings. The van der Waals surface area contributed by atoms with Crippen molar-refractivity contribution in [3.05, 3.63) is 45.9 Å². The van der Waals surface area contributed by atoms with Crippen LogP contribution in [0.2, 0.25) is 0 Å². The molecule has 0 bridgehead atoms. The van der Waals surface area contributed by atoms with Gasteiger partial charge in [0.1, 0.15) is 0 Å². The van der Waals surface area contributed by atoms with E-state index in [2.05, 4.69) is 21.2 Å². The number of hydrogen-bond acceptors (Lipinski definition) is 5. The molecule has 0 aliphatic rings. The molecule has 0 aliphatic heterocycles. The van der Waals surface area contributed by atoms with Crippen LogP contribution in [0.4, 0.5) is 5.69 Å². The van der Waals surface area contributed by atoms with E-state index < -0.39 is 5.97 Å². The lowest BCUT2D eigenvalue weighted by Crippen LogP contribution is -2.14. The zero-order chi connectivity index (χ0) is 19.3. The topological polar surface area (TPSA) is 94.1 Å². The van der Waals surface area contributed by atoms with Crippen LogP contribution in [0.25, 0.3) is 0 Å². The zero-order valence-corrected chi connectivity index (χ0v) is 16.0. The van der Waals surface area contributed by atoms with Crippen LogP contribution in [0, 0.1) is 0 Å². The molecule has 0 saturated carbocycles. The predicted octanol–water partition coefficient (Wildman–Crippen LogP) is 3.35. The fourth-order valence-corrected chi connectivity index (χ4v) is 3.00. The number of rotatable bonds is 7. The molecule has 2 aromatic carbocycles. The first kappa shape index (κ1) is 19.6. The van der Waals surface area contributed by atoms with Crippen molar-refractivity contribution >= 4 is 33.5 Å². The first-order chi connectivity index (χ1) is 12.4. The number of carbonyl (C=O) groups is 2. The molecule has 1 amide bonds. The van der Waals surface area contributed by atoms with Crippen LogP contribution in [0.3, 0.4) is 0 Å². The Morgan fingerprint density at radius 2 is 1.65 bits per heavy atom. The maximum absolute atomic E-state index is 12.6. The number of carbonyl (C=O) groups excluding carboxylic acids is 1. The zero-order valence-electron chi connectivity index (χ0n) is 14.5. The quantitative estimate of drug-likeness (QED) is 0.708. The highest BCUT2D eigenvalue weighted by Crippen LogP contribution is 2.44. The Morgan fingerprint density at radius 1 is 1.04 bits per heavy atom. The van der Waals surface area contributed by atoms with E-state index in [4.69, 9.17) is 19.3 Å². The van der Waals surface area contributed by atoms with Crippen molar-refractivity contribution < 1.29 is 28.9 Å². The highest BCUT2D eigenvalue weighted by atomic mass is 79.9. The minimum absolute atomic E-state index is 0.0767. The van der Waals surface area contributed by atoms with Gasteiger partial charge in [0, 0.05) is 5.69 Å². The lowest BCUT2D eigenvalue weighted by Gasteiger charge is -2.16. The number of halogens is 1. The molecule has 2 aromatic rings. The van der Waals surface area contributed by atoms with E-state index >= 15 is 0 Å². The molecule has 0 spiro atoms. The summed E-state index contributed by atoms with van der Waals surface area (Å²) in [4.78, 5) is 23.4. The molecule has 7 nitrogen and oxygen atoms in total. The summed E-state index contributed by atoms with van der Waals surface area (Å²) in [7, 11) is 4.41. The van der Waals surface area contributed by atoms with Gasteiger partial charge in [0.15, 0.2) is 11.5 Å². The highest BCUT2D eigenvalue weighted by Gasteiger charge is 2.22. The second-order valence-electron chi connectivity index (χ2n) is 5.23. The minimum atomic E-state index is -0.914. The molecule has 2 rings (SSSR count). The molecule has 0 unspecified atom stereocenters. The summed E-state index contributed by atoms with van der Waals surface area (Å²) in [6.45, 7) is 0. The average Bonchev–Trinajstić information content (AvgIpc) is 2.62. The summed E-state index contributed by atoms with van der Waals surface area (Å²) in [6, 6.07) is 8.12. The van der Waals surface area contributed by atoms with Gasteiger partial charge in [0.05, 0.1) is 37.8 Å². The monoisotopic (exact) mass is 423 g/mol. The number of anilines is 1. The molecule has 138 valence electrons. The summed E-state index contributed by atoms with van der Waals surface area (Å²) < 4.78 is 16.3. The van der Waals surface area contributed by atoms with Gasteiger partial charge in [0.25, 0.3) is 5.91 Å². The number of nitrogens with one attached hydrogen (secondary N) is 1. The first-order valence-electron chi connectivity index (χ1n) is 7.51. The van der Waals surface area contributed by atoms with Crippen molar-refractivity contribution in [2.75, 3.05) is 26.6 Å². The molecule has 0 heterocycles. The Labute approximate surface area is 159 Å². The summed E-state index contributed by atoms with van der Waals surface area (Å²) >= 11 is 3.36. The van der Waals surface area contributed by atoms with Gasteiger partial charge in [-0.25, -0.2) is 0 Å². The van der Waals surface area contributed by atoms with Gasteiger partial charge in [-0.05, 0) is 39.7 Å².